The van der Waals surface area contributed by atoms with Crippen LogP contribution in [0.3, 0.4) is 0 Å². The zero-order chi connectivity index (χ0) is 12.1. The first-order chi connectivity index (χ1) is 7.62. The number of benzene rings is 1. The molecular formula is C13H16O3. The Labute approximate surface area is 95.4 Å². The summed E-state index contributed by atoms with van der Waals surface area (Å²) in [7, 11) is 1.35. The summed E-state index contributed by atoms with van der Waals surface area (Å²) in [5.74, 6) is -0.310. The van der Waals surface area contributed by atoms with Gasteiger partial charge in [-0.1, -0.05) is 30.4 Å². The highest BCUT2D eigenvalue weighted by Crippen LogP contribution is 2.20. The number of aliphatic hydroxyl groups is 1. The molecular weight excluding hydrogens is 204 g/mol. The van der Waals surface area contributed by atoms with Gasteiger partial charge < -0.3 is 9.84 Å². The van der Waals surface area contributed by atoms with Crippen LogP contribution in [0.25, 0.3) is 6.08 Å². The summed E-state index contributed by atoms with van der Waals surface area (Å²) < 4.78 is 4.62. The van der Waals surface area contributed by atoms with Crippen molar-refractivity contribution in [2.24, 2.45) is 0 Å². The maximum absolute atomic E-state index is 11.2. The fraction of sp³-hybridized carbons (Fsp3) is 0.308. The van der Waals surface area contributed by atoms with Gasteiger partial charge in [0, 0.05) is 0 Å². The number of methoxy groups -OCH3 is 1. The SMILES string of the molecule is C=Cc1cc(C)cc(CC(=O)OC)c1CO. The molecule has 0 saturated heterocycles. The number of carbonyl (C=O) groups excluding carboxylic acids is 1. The van der Waals surface area contributed by atoms with Crippen molar-refractivity contribution in [2.45, 2.75) is 20.0 Å². The van der Waals surface area contributed by atoms with E-state index in [4.69, 9.17) is 0 Å². The topological polar surface area (TPSA) is 46.5 Å². The van der Waals surface area contributed by atoms with Crippen molar-refractivity contribution in [3.05, 3.63) is 41.0 Å². The molecule has 0 atom stereocenters. The summed E-state index contributed by atoms with van der Waals surface area (Å²) >= 11 is 0. The molecule has 0 aromatic heterocycles. The first-order valence-corrected chi connectivity index (χ1v) is 5.05. The second-order valence-electron chi connectivity index (χ2n) is 3.61. The Bertz CT molecular complexity index is 408. The third kappa shape index (κ3) is 2.70. The number of carbonyl (C=O) groups is 1. The second kappa shape index (κ2) is 5.47. The lowest BCUT2D eigenvalue weighted by Crippen LogP contribution is -2.08. The van der Waals surface area contributed by atoms with E-state index in [9.17, 15) is 9.90 Å². The van der Waals surface area contributed by atoms with Crippen LogP contribution in [-0.4, -0.2) is 18.2 Å². The molecule has 16 heavy (non-hydrogen) atoms. The molecule has 0 heterocycles. The van der Waals surface area contributed by atoms with Crippen LogP contribution in [0, 0.1) is 6.92 Å². The molecule has 3 nitrogen and oxygen atoms in total. The fourth-order valence-electron chi connectivity index (χ4n) is 1.68. The van der Waals surface area contributed by atoms with Gasteiger partial charge >= 0.3 is 5.97 Å². The summed E-state index contributed by atoms with van der Waals surface area (Å²) in [5, 5.41) is 9.31. The second-order valence-corrected chi connectivity index (χ2v) is 3.61. The third-order valence-electron chi connectivity index (χ3n) is 2.46. The van der Waals surface area contributed by atoms with Gasteiger partial charge in [0.1, 0.15) is 0 Å². The largest absolute Gasteiger partial charge is 0.469 e. The molecule has 0 unspecified atom stereocenters. The van der Waals surface area contributed by atoms with Crippen molar-refractivity contribution in [2.75, 3.05) is 7.11 Å². The van der Waals surface area contributed by atoms with Gasteiger partial charge in [-0.05, 0) is 23.6 Å². The monoisotopic (exact) mass is 220 g/mol. The summed E-state index contributed by atoms with van der Waals surface area (Å²) in [6, 6.07) is 3.81. The highest BCUT2D eigenvalue weighted by atomic mass is 16.5. The lowest BCUT2D eigenvalue weighted by Gasteiger charge is -2.11. The fourth-order valence-corrected chi connectivity index (χ4v) is 1.68. The van der Waals surface area contributed by atoms with E-state index in [1.54, 1.807) is 6.08 Å². The molecule has 0 bridgehead atoms. The van der Waals surface area contributed by atoms with Crippen LogP contribution in [0.1, 0.15) is 22.3 Å². The predicted octanol–water partition coefficient (Wildman–Crippen LogP) is 1.85. The molecule has 1 N–H and O–H groups in total. The Kier molecular flexibility index (Phi) is 4.26. The van der Waals surface area contributed by atoms with Crippen molar-refractivity contribution in [1.82, 2.24) is 0 Å². The summed E-state index contributed by atoms with van der Waals surface area (Å²) in [4.78, 5) is 11.2. The zero-order valence-electron chi connectivity index (χ0n) is 9.62. The molecule has 0 radical (unpaired) electrons. The normalized spacial score (nSPS) is 9.94. The van der Waals surface area contributed by atoms with Gasteiger partial charge in [-0.2, -0.15) is 0 Å². The number of hydrogen-bond acceptors (Lipinski definition) is 3. The van der Waals surface area contributed by atoms with E-state index < -0.39 is 0 Å². The smallest absolute Gasteiger partial charge is 0.309 e. The Morgan fingerprint density at radius 1 is 1.56 bits per heavy atom. The molecule has 0 amide bonds. The summed E-state index contributed by atoms with van der Waals surface area (Å²) in [5.41, 5.74) is 3.43. The molecule has 1 aromatic rings. The van der Waals surface area contributed by atoms with Crippen molar-refractivity contribution in [3.8, 4) is 0 Å². The van der Waals surface area contributed by atoms with Gasteiger partial charge in [0.05, 0.1) is 20.1 Å². The van der Waals surface area contributed by atoms with Crippen LogP contribution in [0.15, 0.2) is 18.7 Å². The molecule has 0 aliphatic carbocycles. The van der Waals surface area contributed by atoms with E-state index in [2.05, 4.69) is 11.3 Å². The predicted molar refractivity (Wildman–Crippen MR) is 62.9 cm³/mol. The number of aliphatic hydroxyl groups excluding tert-OH is 1. The van der Waals surface area contributed by atoms with Crippen LogP contribution in [0.5, 0.6) is 0 Å². The Morgan fingerprint density at radius 2 is 2.25 bits per heavy atom. The van der Waals surface area contributed by atoms with Crippen LogP contribution in [0.2, 0.25) is 0 Å². The average Bonchev–Trinajstić information content (AvgIpc) is 2.28. The summed E-state index contributed by atoms with van der Waals surface area (Å²) in [6.07, 6.45) is 1.86. The van der Waals surface area contributed by atoms with Gasteiger partial charge in [-0.3, -0.25) is 4.79 Å². The lowest BCUT2D eigenvalue weighted by atomic mass is 9.96. The molecule has 1 rings (SSSR count). The molecule has 0 aliphatic heterocycles. The van der Waals surface area contributed by atoms with Crippen molar-refractivity contribution in [1.29, 1.82) is 0 Å². The molecule has 0 fully saturated rings. The number of rotatable bonds is 4. The summed E-state index contributed by atoms with van der Waals surface area (Å²) in [6.45, 7) is 5.53. The van der Waals surface area contributed by atoms with Gasteiger partial charge in [-0.15, -0.1) is 0 Å². The number of ether oxygens (including phenoxy) is 1. The lowest BCUT2D eigenvalue weighted by molar-refractivity contribution is -0.139. The van der Waals surface area contributed by atoms with E-state index in [1.807, 2.05) is 19.1 Å². The number of aryl methyl sites for hydroxylation is 1. The minimum atomic E-state index is -0.310. The quantitative estimate of drug-likeness (QED) is 0.788. The first-order valence-electron chi connectivity index (χ1n) is 5.05. The maximum atomic E-state index is 11.2. The van der Waals surface area contributed by atoms with Crippen molar-refractivity contribution < 1.29 is 14.6 Å². The van der Waals surface area contributed by atoms with Crippen LogP contribution >= 0.6 is 0 Å². The molecule has 0 spiro atoms. The molecule has 1 aromatic carbocycles. The Morgan fingerprint density at radius 3 is 2.75 bits per heavy atom. The van der Waals surface area contributed by atoms with E-state index in [-0.39, 0.29) is 19.0 Å². The van der Waals surface area contributed by atoms with Crippen LogP contribution in [-0.2, 0) is 22.6 Å². The molecule has 3 heteroatoms. The van der Waals surface area contributed by atoms with E-state index in [0.717, 1.165) is 22.3 Å². The van der Waals surface area contributed by atoms with Gasteiger partial charge in [0.2, 0.25) is 0 Å². The highest BCUT2D eigenvalue weighted by Gasteiger charge is 2.11. The average molecular weight is 220 g/mol. The minimum Gasteiger partial charge on any atom is -0.469 e. The van der Waals surface area contributed by atoms with Gasteiger partial charge in [0.25, 0.3) is 0 Å². The molecule has 0 aliphatic rings. The Balaban J connectivity index is 3.19. The standard InChI is InChI=1S/C13H16O3/c1-4-10-5-9(2)6-11(12(10)8-14)7-13(15)16-3/h4-6,14H,1,7-8H2,2-3H3. The van der Waals surface area contributed by atoms with E-state index >= 15 is 0 Å². The minimum absolute atomic E-state index is 0.103. The number of esters is 1. The molecule has 86 valence electrons. The van der Waals surface area contributed by atoms with Crippen LogP contribution < -0.4 is 0 Å². The first kappa shape index (κ1) is 12.5. The highest BCUT2D eigenvalue weighted by molar-refractivity contribution is 5.74. The van der Waals surface area contributed by atoms with E-state index in [1.165, 1.54) is 7.11 Å². The van der Waals surface area contributed by atoms with Crippen molar-refractivity contribution in [3.63, 3.8) is 0 Å². The zero-order valence-corrected chi connectivity index (χ0v) is 9.62. The molecule has 0 saturated carbocycles. The third-order valence-corrected chi connectivity index (χ3v) is 2.46. The number of hydrogen-bond donors (Lipinski definition) is 1. The van der Waals surface area contributed by atoms with Crippen molar-refractivity contribution >= 4 is 12.0 Å². The Hall–Kier alpha value is -1.61. The van der Waals surface area contributed by atoms with Gasteiger partial charge in [-0.25, -0.2) is 0 Å². The van der Waals surface area contributed by atoms with E-state index in [0.29, 0.717) is 0 Å². The van der Waals surface area contributed by atoms with Crippen LogP contribution in [0.4, 0.5) is 0 Å². The van der Waals surface area contributed by atoms with Gasteiger partial charge in [0.15, 0.2) is 0 Å². The maximum Gasteiger partial charge on any atom is 0.309 e.